The molecule has 1 N–H and O–H groups in total. The van der Waals surface area contributed by atoms with E-state index >= 15 is 0 Å². The van der Waals surface area contributed by atoms with Gasteiger partial charge in [-0.3, -0.25) is 0 Å². The Bertz CT molecular complexity index is 236. The van der Waals surface area contributed by atoms with E-state index in [9.17, 15) is 5.11 Å². The molecule has 78 valence electrons. The highest BCUT2D eigenvalue weighted by Gasteiger charge is 2.41. The van der Waals surface area contributed by atoms with Gasteiger partial charge in [-0.25, -0.2) is 0 Å². The lowest BCUT2D eigenvalue weighted by molar-refractivity contribution is -0.0472. The van der Waals surface area contributed by atoms with Crippen molar-refractivity contribution < 1.29 is 9.84 Å². The number of rotatable bonds is 0. The first-order chi connectivity index (χ1) is 6.68. The van der Waals surface area contributed by atoms with Gasteiger partial charge in [0.25, 0.3) is 0 Å². The van der Waals surface area contributed by atoms with E-state index in [2.05, 4.69) is 5.92 Å². The third kappa shape index (κ3) is 1.80. The molecule has 0 aromatic carbocycles. The van der Waals surface area contributed by atoms with Crippen LogP contribution in [-0.4, -0.2) is 23.9 Å². The molecule has 0 unspecified atom stereocenters. The highest BCUT2D eigenvalue weighted by Crippen LogP contribution is 2.46. The van der Waals surface area contributed by atoms with Crippen molar-refractivity contribution in [1.82, 2.24) is 0 Å². The van der Waals surface area contributed by atoms with Gasteiger partial charge in [0.05, 0.1) is 0 Å². The van der Waals surface area contributed by atoms with Crippen LogP contribution in [0.4, 0.5) is 0 Å². The normalized spacial score (nSPS) is 29.7. The van der Waals surface area contributed by atoms with Gasteiger partial charge in [-0.15, -0.1) is 6.42 Å². The molecule has 2 heteroatoms. The zero-order valence-corrected chi connectivity index (χ0v) is 8.59. The van der Waals surface area contributed by atoms with E-state index in [0.717, 1.165) is 51.7 Å². The molecule has 1 spiro atoms. The predicted molar refractivity (Wildman–Crippen MR) is 54.7 cm³/mol. The van der Waals surface area contributed by atoms with Crippen LogP contribution in [0.2, 0.25) is 0 Å². The van der Waals surface area contributed by atoms with E-state index in [0.29, 0.717) is 5.41 Å². The monoisotopic (exact) mass is 194 g/mol. The largest absolute Gasteiger partial charge is 0.381 e. The zero-order valence-electron chi connectivity index (χ0n) is 8.59. The first-order valence-corrected chi connectivity index (χ1v) is 5.46. The molecule has 0 amide bonds. The summed E-state index contributed by atoms with van der Waals surface area (Å²) in [5, 5.41) is 9.93. The predicted octanol–water partition coefficient (Wildman–Crippen LogP) is 1.72. The minimum atomic E-state index is -0.816. The molecule has 2 fully saturated rings. The van der Waals surface area contributed by atoms with Crippen molar-refractivity contribution in [2.45, 2.75) is 44.1 Å². The van der Waals surface area contributed by atoms with Crippen molar-refractivity contribution in [2.75, 3.05) is 13.2 Å². The number of ether oxygens (including phenoxy) is 1. The molecule has 14 heavy (non-hydrogen) atoms. The fourth-order valence-corrected chi connectivity index (χ4v) is 2.64. The molecule has 1 heterocycles. The maximum absolute atomic E-state index is 9.93. The molecular weight excluding hydrogens is 176 g/mol. The molecule has 0 aromatic heterocycles. The molecule has 2 nitrogen and oxygen atoms in total. The van der Waals surface area contributed by atoms with E-state index in [1.54, 1.807) is 0 Å². The lowest BCUT2D eigenvalue weighted by Gasteiger charge is -2.44. The number of aliphatic hydroxyl groups is 1. The van der Waals surface area contributed by atoms with Crippen molar-refractivity contribution in [1.29, 1.82) is 0 Å². The standard InChI is InChI=1S/C12H18O2/c1-2-12(13)5-3-11(4-6-12)7-9-14-10-8-11/h1,13H,3-10H2. The Hall–Kier alpha value is -0.520. The number of hydrogen-bond donors (Lipinski definition) is 1. The quantitative estimate of drug-likeness (QED) is 0.595. The average Bonchev–Trinajstić information content (AvgIpc) is 2.25. The van der Waals surface area contributed by atoms with E-state index < -0.39 is 5.60 Å². The summed E-state index contributed by atoms with van der Waals surface area (Å²) in [6.45, 7) is 1.77. The molecule has 1 aliphatic heterocycles. The summed E-state index contributed by atoms with van der Waals surface area (Å²) >= 11 is 0. The maximum Gasteiger partial charge on any atom is 0.125 e. The minimum absolute atomic E-state index is 0.432. The van der Waals surface area contributed by atoms with Gasteiger partial charge < -0.3 is 9.84 Å². The molecule has 0 atom stereocenters. The molecule has 0 bridgehead atoms. The summed E-state index contributed by atoms with van der Waals surface area (Å²) in [7, 11) is 0. The summed E-state index contributed by atoms with van der Waals surface area (Å²) in [6.07, 6.45) is 11.3. The van der Waals surface area contributed by atoms with Gasteiger partial charge in [0.15, 0.2) is 0 Å². The van der Waals surface area contributed by atoms with Gasteiger partial charge in [-0.1, -0.05) is 5.92 Å². The molecule has 1 saturated heterocycles. The Morgan fingerprint density at radius 2 is 1.57 bits per heavy atom. The first kappa shape index (κ1) is 10.0. The average molecular weight is 194 g/mol. The minimum Gasteiger partial charge on any atom is -0.381 e. The molecule has 0 aromatic rings. The Morgan fingerprint density at radius 1 is 1.00 bits per heavy atom. The van der Waals surface area contributed by atoms with Crippen molar-refractivity contribution in [3.05, 3.63) is 0 Å². The summed E-state index contributed by atoms with van der Waals surface area (Å²) in [5.74, 6) is 2.53. The Kier molecular flexibility index (Phi) is 2.55. The van der Waals surface area contributed by atoms with Gasteiger partial charge in [0.1, 0.15) is 5.60 Å². The van der Waals surface area contributed by atoms with Crippen molar-refractivity contribution in [2.24, 2.45) is 5.41 Å². The summed E-state index contributed by atoms with van der Waals surface area (Å²) in [5.41, 5.74) is -0.384. The van der Waals surface area contributed by atoms with Crippen LogP contribution in [-0.2, 0) is 4.74 Å². The molecule has 2 rings (SSSR count). The second-order valence-corrected chi connectivity index (χ2v) is 4.79. The summed E-state index contributed by atoms with van der Waals surface area (Å²) in [6, 6.07) is 0. The zero-order chi connectivity index (χ0) is 10.1. The topological polar surface area (TPSA) is 29.5 Å². The van der Waals surface area contributed by atoms with Crippen molar-refractivity contribution in [3.8, 4) is 12.3 Å². The summed E-state index contributed by atoms with van der Waals surface area (Å²) in [4.78, 5) is 0. The molecular formula is C12H18O2. The molecule has 0 radical (unpaired) electrons. The van der Waals surface area contributed by atoms with Gasteiger partial charge in [-0.2, -0.15) is 0 Å². The van der Waals surface area contributed by atoms with E-state index in [1.165, 1.54) is 0 Å². The van der Waals surface area contributed by atoms with Crippen LogP contribution in [0.1, 0.15) is 38.5 Å². The Balaban J connectivity index is 1.98. The van der Waals surface area contributed by atoms with E-state index in [4.69, 9.17) is 11.2 Å². The van der Waals surface area contributed by atoms with Gasteiger partial charge in [0.2, 0.25) is 0 Å². The van der Waals surface area contributed by atoms with Gasteiger partial charge >= 0.3 is 0 Å². The van der Waals surface area contributed by atoms with Crippen LogP contribution in [0.25, 0.3) is 0 Å². The fourth-order valence-electron chi connectivity index (χ4n) is 2.64. The van der Waals surface area contributed by atoms with Crippen LogP contribution in [0.3, 0.4) is 0 Å². The lowest BCUT2D eigenvalue weighted by Crippen LogP contribution is -2.40. The highest BCUT2D eigenvalue weighted by atomic mass is 16.5. The van der Waals surface area contributed by atoms with Crippen LogP contribution < -0.4 is 0 Å². The second kappa shape index (κ2) is 3.56. The maximum atomic E-state index is 9.93. The third-order valence-corrected chi connectivity index (χ3v) is 3.96. The third-order valence-electron chi connectivity index (χ3n) is 3.96. The van der Waals surface area contributed by atoms with Gasteiger partial charge in [0, 0.05) is 13.2 Å². The van der Waals surface area contributed by atoms with Crippen molar-refractivity contribution >= 4 is 0 Å². The second-order valence-electron chi connectivity index (χ2n) is 4.79. The first-order valence-electron chi connectivity index (χ1n) is 5.46. The van der Waals surface area contributed by atoms with Gasteiger partial charge in [-0.05, 0) is 43.9 Å². The smallest absolute Gasteiger partial charge is 0.125 e. The lowest BCUT2D eigenvalue weighted by atomic mass is 9.65. The van der Waals surface area contributed by atoms with Crippen LogP contribution >= 0.6 is 0 Å². The number of terminal acetylenes is 1. The SMILES string of the molecule is C#CC1(O)CCC2(CCOCC2)CC1. The molecule has 2 aliphatic rings. The fraction of sp³-hybridized carbons (Fsp3) is 0.833. The molecule has 1 saturated carbocycles. The number of hydrogen-bond acceptors (Lipinski definition) is 2. The Morgan fingerprint density at radius 3 is 2.07 bits per heavy atom. The van der Waals surface area contributed by atoms with Crippen LogP contribution in [0.15, 0.2) is 0 Å². The Labute approximate surface area is 85.6 Å². The van der Waals surface area contributed by atoms with E-state index in [1.807, 2.05) is 0 Å². The highest BCUT2D eigenvalue weighted by molar-refractivity contribution is 5.10. The molecule has 1 aliphatic carbocycles. The van der Waals surface area contributed by atoms with Crippen molar-refractivity contribution in [3.63, 3.8) is 0 Å². The van der Waals surface area contributed by atoms with E-state index in [-0.39, 0.29) is 0 Å². The van der Waals surface area contributed by atoms with Crippen LogP contribution in [0, 0.1) is 17.8 Å². The van der Waals surface area contributed by atoms with Crippen LogP contribution in [0.5, 0.6) is 0 Å². The summed E-state index contributed by atoms with van der Waals surface area (Å²) < 4.78 is 5.37.